The van der Waals surface area contributed by atoms with Crippen LogP contribution in [-0.2, 0) is 15.3 Å². The fourth-order valence-electron chi connectivity index (χ4n) is 3.43. The Bertz CT molecular complexity index is 810. The van der Waals surface area contributed by atoms with Gasteiger partial charge in [-0.2, -0.15) is 0 Å². The van der Waals surface area contributed by atoms with E-state index in [1.165, 1.54) is 0 Å². The average molecular weight is 387 g/mol. The number of amides is 2. The van der Waals surface area contributed by atoms with Gasteiger partial charge in [0.05, 0.1) is 17.0 Å². The molecule has 1 aliphatic heterocycles. The highest BCUT2D eigenvalue weighted by atomic mass is 32.2. The Labute approximate surface area is 163 Å². The highest BCUT2D eigenvalue weighted by Gasteiger charge is 2.46. The molecule has 0 N–H and O–H groups in total. The van der Waals surface area contributed by atoms with Crippen molar-refractivity contribution >= 4 is 17.1 Å². The lowest BCUT2D eigenvalue weighted by molar-refractivity contribution is 0.0458. The average Bonchev–Trinajstić information content (AvgIpc) is 2.91. The van der Waals surface area contributed by atoms with Crippen LogP contribution in [0.3, 0.4) is 0 Å². The van der Waals surface area contributed by atoms with Crippen LogP contribution in [0.25, 0.3) is 0 Å². The highest BCUT2D eigenvalue weighted by molar-refractivity contribution is 7.80. The van der Waals surface area contributed by atoms with E-state index in [1.807, 2.05) is 63.2 Å². The Morgan fingerprint density at radius 1 is 1.11 bits per heavy atom. The molecule has 1 saturated heterocycles. The molecule has 6 heteroatoms. The smallest absolute Gasteiger partial charge is 0.322 e. The van der Waals surface area contributed by atoms with Gasteiger partial charge in [-0.3, -0.25) is 9.08 Å². The number of carbonyl (C=O) groups is 1. The molecule has 1 heterocycles. The highest BCUT2D eigenvalue weighted by Crippen LogP contribution is 2.37. The molecule has 3 rings (SSSR count). The Kier molecular flexibility index (Phi) is 5.97. The molecule has 2 aromatic carbocycles. The molecule has 144 valence electrons. The summed E-state index contributed by atoms with van der Waals surface area (Å²) in [6, 6.07) is 17.1. The number of likely N-dealkylation sites (N-methyl/N-ethyl adjacent to an activating group) is 1. The summed E-state index contributed by atoms with van der Waals surface area (Å²) in [6.45, 7) is 5.95. The third kappa shape index (κ3) is 3.92. The molecule has 2 amide bonds. The first-order valence-electron chi connectivity index (χ1n) is 9.19. The fourth-order valence-corrected chi connectivity index (χ4v) is 4.33. The molecule has 1 unspecified atom stereocenters. The normalized spacial score (nSPS) is 22.1. The van der Waals surface area contributed by atoms with E-state index in [9.17, 15) is 9.00 Å². The topological polar surface area (TPSA) is 49.9 Å². The Morgan fingerprint density at radius 3 is 2.33 bits per heavy atom. The molecular formula is C21H26N2O3S. The van der Waals surface area contributed by atoms with Crippen molar-refractivity contribution in [2.45, 2.75) is 50.4 Å². The third-order valence-corrected chi connectivity index (χ3v) is 6.16. The van der Waals surface area contributed by atoms with Crippen molar-refractivity contribution in [2.75, 3.05) is 7.05 Å². The van der Waals surface area contributed by atoms with Crippen LogP contribution in [-0.4, -0.2) is 39.4 Å². The molecule has 5 nitrogen and oxygen atoms in total. The van der Waals surface area contributed by atoms with Gasteiger partial charge in [0.25, 0.3) is 0 Å². The molecule has 27 heavy (non-hydrogen) atoms. The van der Waals surface area contributed by atoms with Gasteiger partial charge in [-0.15, -0.1) is 0 Å². The summed E-state index contributed by atoms with van der Waals surface area (Å²) in [6.07, 6.45) is -0.0232. The molecular weight excluding hydrogens is 360 g/mol. The number of urea groups is 1. The molecule has 2 aromatic rings. The molecule has 4 atom stereocenters. The summed E-state index contributed by atoms with van der Waals surface area (Å²) in [4.78, 5) is 17.0. The van der Waals surface area contributed by atoms with Crippen LogP contribution in [0, 0.1) is 6.92 Å². The van der Waals surface area contributed by atoms with Crippen LogP contribution < -0.4 is 0 Å². The van der Waals surface area contributed by atoms with Gasteiger partial charge in [0.15, 0.2) is 17.3 Å². The van der Waals surface area contributed by atoms with Crippen molar-refractivity contribution in [3.05, 3.63) is 65.7 Å². The lowest BCUT2D eigenvalue weighted by Gasteiger charge is -2.31. The first-order chi connectivity index (χ1) is 12.9. The standard InChI is InChI=1S/C21H26N2O3S/c1-5-19(26-27(25)18-13-11-15(2)12-14-18)23-20(16(3)22(4)21(23)24)17-9-7-6-8-10-17/h6-14,16,19-20H,5H2,1-4H3/t16-,19-,20-,27?/m0/s1. The fraction of sp³-hybridized carbons (Fsp3) is 0.381. The summed E-state index contributed by atoms with van der Waals surface area (Å²) in [5, 5.41) is 0. The Hall–Kier alpha value is -2.18. The van der Waals surface area contributed by atoms with E-state index in [2.05, 4.69) is 0 Å². The number of rotatable bonds is 6. The maximum Gasteiger partial charge on any atom is 0.322 e. The number of carbonyl (C=O) groups excluding carboxylic acids is 1. The second-order valence-corrected chi connectivity index (χ2v) is 8.04. The molecule has 1 aliphatic rings. The number of benzene rings is 2. The zero-order valence-corrected chi connectivity index (χ0v) is 17.0. The van der Waals surface area contributed by atoms with E-state index < -0.39 is 17.3 Å². The van der Waals surface area contributed by atoms with Crippen LogP contribution >= 0.6 is 0 Å². The molecule has 0 aliphatic carbocycles. The van der Waals surface area contributed by atoms with Crippen LogP contribution in [0.1, 0.15) is 37.4 Å². The van der Waals surface area contributed by atoms with E-state index in [0.717, 1.165) is 11.1 Å². The minimum atomic E-state index is -1.64. The maximum atomic E-state index is 12.9. The van der Waals surface area contributed by atoms with Gasteiger partial charge in [0, 0.05) is 7.05 Å². The van der Waals surface area contributed by atoms with Gasteiger partial charge in [-0.25, -0.2) is 9.00 Å². The lowest BCUT2D eigenvalue weighted by Crippen LogP contribution is -2.41. The number of hydrogen-bond acceptors (Lipinski definition) is 3. The van der Waals surface area contributed by atoms with Crippen LogP contribution in [0.15, 0.2) is 59.5 Å². The van der Waals surface area contributed by atoms with Crippen molar-refractivity contribution in [3.8, 4) is 0 Å². The zero-order chi connectivity index (χ0) is 19.6. The Balaban J connectivity index is 1.88. The van der Waals surface area contributed by atoms with Crippen molar-refractivity contribution < 1.29 is 13.2 Å². The van der Waals surface area contributed by atoms with Gasteiger partial charge in [-0.1, -0.05) is 55.0 Å². The van der Waals surface area contributed by atoms with E-state index >= 15 is 0 Å². The molecule has 0 aromatic heterocycles. The van der Waals surface area contributed by atoms with E-state index in [-0.39, 0.29) is 18.1 Å². The predicted molar refractivity (Wildman–Crippen MR) is 106 cm³/mol. The van der Waals surface area contributed by atoms with E-state index in [4.69, 9.17) is 4.18 Å². The lowest BCUT2D eigenvalue weighted by atomic mass is 10.00. The minimum Gasteiger partial charge on any atom is -0.322 e. The molecule has 0 spiro atoms. The molecule has 1 fully saturated rings. The molecule has 0 bridgehead atoms. The summed E-state index contributed by atoms with van der Waals surface area (Å²) in [7, 11) is 1.80. The van der Waals surface area contributed by atoms with Gasteiger partial charge in [0.1, 0.15) is 0 Å². The number of aryl methyl sites for hydroxylation is 1. The third-order valence-electron chi connectivity index (χ3n) is 5.10. The summed E-state index contributed by atoms with van der Waals surface area (Å²) < 4.78 is 18.6. The largest absolute Gasteiger partial charge is 0.322 e. The summed E-state index contributed by atoms with van der Waals surface area (Å²) >= 11 is -1.64. The first kappa shape index (κ1) is 19.6. The van der Waals surface area contributed by atoms with Crippen molar-refractivity contribution in [1.82, 2.24) is 9.80 Å². The molecule has 0 saturated carbocycles. The van der Waals surface area contributed by atoms with Gasteiger partial charge >= 0.3 is 6.03 Å². The van der Waals surface area contributed by atoms with Crippen molar-refractivity contribution in [1.29, 1.82) is 0 Å². The minimum absolute atomic E-state index is 0.00893. The number of hydrogen-bond donors (Lipinski definition) is 0. The van der Waals surface area contributed by atoms with Crippen LogP contribution in [0.5, 0.6) is 0 Å². The first-order valence-corrected chi connectivity index (χ1v) is 10.3. The SMILES string of the molecule is CC[C@H](OS(=O)c1ccc(C)cc1)N1C(=O)N(C)[C@@H](C)[C@H]1c1ccccc1. The van der Waals surface area contributed by atoms with Crippen LogP contribution in [0.4, 0.5) is 4.79 Å². The molecule has 0 radical (unpaired) electrons. The van der Waals surface area contributed by atoms with Crippen molar-refractivity contribution in [2.24, 2.45) is 0 Å². The van der Waals surface area contributed by atoms with E-state index in [0.29, 0.717) is 11.3 Å². The van der Waals surface area contributed by atoms with Gasteiger partial charge < -0.3 is 4.90 Å². The van der Waals surface area contributed by atoms with Gasteiger partial charge in [-0.05, 0) is 38.0 Å². The monoisotopic (exact) mass is 386 g/mol. The quantitative estimate of drug-likeness (QED) is 0.745. The van der Waals surface area contributed by atoms with E-state index in [1.54, 1.807) is 29.0 Å². The summed E-state index contributed by atoms with van der Waals surface area (Å²) in [5.74, 6) is 0. The second kappa shape index (κ2) is 8.23. The van der Waals surface area contributed by atoms with Gasteiger partial charge in [0.2, 0.25) is 0 Å². The maximum absolute atomic E-state index is 12.9. The van der Waals surface area contributed by atoms with Crippen molar-refractivity contribution in [3.63, 3.8) is 0 Å². The van der Waals surface area contributed by atoms with Crippen LogP contribution in [0.2, 0.25) is 0 Å². The predicted octanol–water partition coefficient (Wildman–Crippen LogP) is 4.27. The summed E-state index contributed by atoms with van der Waals surface area (Å²) in [5.41, 5.74) is 2.14. The zero-order valence-electron chi connectivity index (χ0n) is 16.2. The Morgan fingerprint density at radius 2 is 1.74 bits per heavy atom. The second-order valence-electron chi connectivity index (χ2n) is 6.90. The number of nitrogens with zero attached hydrogens (tertiary/aromatic N) is 2.